The first-order valence-electron chi connectivity index (χ1n) is 6.46. The second kappa shape index (κ2) is 6.54. The highest BCUT2D eigenvalue weighted by Gasteiger charge is 2.16. The normalized spacial score (nSPS) is 12.2. The van der Waals surface area contributed by atoms with E-state index in [0.29, 0.717) is 22.8 Å². The van der Waals surface area contributed by atoms with Crippen molar-refractivity contribution < 1.29 is 4.79 Å². The Kier molecular flexibility index (Phi) is 4.76. The summed E-state index contributed by atoms with van der Waals surface area (Å²) in [5.41, 5.74) is 7.12. The SMILES string of the molecule is CCCC(N)C(=O)Nc1cccc(Cl)c1-n1ccnc1. The summed E-state index contributed by atoms with van der Waals surface area (Å²) in [6.07, 6.45) is 6.55. The van der Waals surface area contributed by atoms with Crippen molar-refractivity contribution in [3.05, 3.63) is 41.9 Å². The lowest BCUT2D eigenvalue weighted by Crippen LogP contribution is -2.35. The summed E-state index contributed by atoms with van der Waals surface area (Å²) in [5.74, 6) is -0.213. The number of benzene rings is 1. The largest absolute Gasteiger partial charge is 0.323 e. The van der Waals surface area contributed by atoms with Crippen molar-refractivity contribution in [2.24, 2.45) is 5.73 Å². The molecule has 106 valence electrons. The summed E-state index contributed by atoms with van der Waals surface area (Å²) >= 11 is 6.21. The second-order valence-corrected chi connectivity index (χ2v) is 4.90. The van der Waals surface area contributed by atoms with Crippen molar-refractivity contribution in [2.75, 3.05) is 5.32 Å². The first-order chi connectivity index (χ1) is 9.63. The lowest BCUT2D eigenvalue weighted by atomic mass is 10.1. The molecule has 2 aromatic rings. The zero-order valence-corrected chi connectivity index (χ0v) is 12.0. The molecule has 1 aromatic carbocycles. The van der Waals surface area contributed by atoms with E-state index in [9.17, 15) is 4.79 Å². The van der Waals surface area contributed by atoms with Gasteiger partial charge in [0.15, 0.2) is 0 Å². The van der Waals surface area contributed by atoms with E-state index in [4.69, 9.17) is 17.3 Å². The monoisotopic (exact) mass is 292 g/mol. The molecular weight excluding hydrogens is 276 g/mol. The number of carbonyl (C=O) groups is 1. The second-order valence-electron chi connectivity index (χ2n) is 4.49. The Hall–Kier alpha value is -1.85. The number of hydrogen-bond donors (Lipinski definition) is 2. The summed E-state index contributed by atoms with van der Waals surface area (Å²) in [6, 6.07) is 4.81. The van der Waals surface area contributed by atoms with Crippen LogP contribution in [0.15, 0.2) is 36.9 Å². The minimum atomic E-state index is -0.519. The minimum absolute atomic E-state index is 0.213. The number of imidazole rings is 1. The van der Waals surface area contributed by atoms with Crippen LogP contribution >= 0.6 is 11.6 Å². The Morgan fingerprint density at radius 3 is 3.00 bits per heavy atom. The number of hydrogen-bond acceptors (Lipinski definition) is 3. The molecule has 0 spiro atoms. The maximum Gasteiger partial charge on any atom is 0.241 e. The van der Waals surface area contributed by atoms with E-state index in [-0.39, 0.29) is 5.91 Å². The van der Waals surface area contributed by atoms with Crippen molar-refractivity contribution in [1.82, 2.24) is 9.55 Å². The van der Waals surface area contributed by atoms with Crippen LogP contribution in [0.2, 0.25) is 5.02 Å². The fraction of sp³-hybridized carbons (Fsp3) is 0.286. The van der Waals surface area contributed by atoms with Gasteiger partial charge in [-0.25, -0.2) is 4.98 Å². The Balaban J connectivity index is 2.29. The lowest BCUT2D eigenvalue weighted by molar-refractivity contribution is -0.117. The number of halogens is 1. The predicted molar refractivity (Wildman–Crippen MR) is 80.1 cm³/mol. The van der Waals surface area contributed by atoms with E-state index in [1.807, 2.05) is 6.92 Å². The maximum atomic E-state index is 12.0. The molecule has 0 radical (unpaired) electrons. The molecule has 2 rings (SSSR count). The number of aromatic nitrogens is 2. The zero-order chi connectivity index (χ0) is 14.5. The predicted octanol–water partition coefficient (Wildman–Crippen LogP) is 2.59. The van der Waals surface area contributed by atoms with Crippen molar-refractivity contribution in [2.45, 2.75) is 25.8 Å². The Labute approximate surface area is 122 Å². The number of rotatable bonds is 5. The Morgan fingerprint density at radius 1 is 1.55 bits per heavy atom. The van der Waals surface area contributed by atoms with Crippen molar-refractivity contribution in [3.63, 3.8) is 0 Å². The van der Waals surface area contributed by atoms with Gasteiger partial charge in [-0.3, -0.25) is 4.79 Å². The molecule has 20 heavy (non-hydrogen) atoms. The molecule has 1 aromatic heterocycles. The molecule has 1 heterocycles. The van der Waals surface area contributed by atoms with Crippen LogP contribution in [0.1, 0.15) is 19.8 Å². The van der Waals surface area contributed by atoms with Crippen LogP contribution in [0.25, 0.3) is 5.69 Å². The quantitative estimate of drug-likeness (QED) is 0.889. The first kappa shape index (κ1) is 14.6. The van der Waals surface area contributed by atoms with E-state index < -0.39 is 6.04 Å². The molecule has 0 fully saturated rings. The van der Waals surface area contributed by atoms with Gasteiger partial charge in [-0.15, -0.1) is 0 Å². The van der Waals surface area contributed by atoms with Crippen molar-refractivity contribution in [1.29, 1.82) is 0 Å². The van der Waals surface area contributed by atoms with Crippen LogP contribution in [0.4, 0.5) is 5.69 Å². The zero-order valence-electron chi connectivity index (χ0n) is 11.2. The molecule has 0 aliphatic carbocycles. The van der Waals surface area contributed by atoms with E-state index in [0.717, 1.165) is 6.42 Å². The number of anilines is 1. The van der Waals surface area contributed by atoms with Crippen molar-refractivity contribution in [3.8, 4) is 5.69 Å². The molecule has 1 atom stereocenters. The van der Waals surface area contributed by atoms with E-state index in [2.05, 4.69) is 10.3 Å². The molecule has 0 aliphatic heterocycles. The molecule has 5 nitrogen and oxygen atoms in total. The molecule has 6 heteroatoms. The number of nitrogens with two attached hydrogens (primary N) is 1. The smallest absolute Gasteiger partial charge is 0.241 e. The van der Waals surface area contributed by atoms with Crippen LogP contribution in [-0.4, -0.2) is 21.5 Å². The molecule has 3 N–H and O–H groups in total. The molecule has 0 bridgehead atoms. The van der Waals surface area contributed by atoms with Crippen LogP contribution < -0.4 is 11.1 Å². The van der Waals surface area contributed by atoms with Crippen LogP contribution in [0.3, 0.4) is 0 Å². The van der Waals surface area contributed by atoms with Crippen LogP contribution in [-0.2, 0) is 4.79 Å². The Morgan fingerprint density at radius 2 is 2.35 bits per heavy atom. The van der Waals surface area contributed by atoms with Gasteiger partial charge in [0.2, 0.25) is 5.91 Å². The van der Waals surface area contributed by atoms with Gasteiger partial charge in [0, 0.05) is 12.4 Å². The van der Waals surface area contributed by atoms with E-state index in [1.165, 1.54) is 0 Å². The molecule has 0 saturated carbocycles. The maximum absolute atomic E-state index is 12.0. The summed E-state index contributed by atoms with van der Waals surface area (Å²) < 4.78 is 1.75. The van der Waals surface area contributed by atoms with Gasteiger partial charge in [-0.05, 0) is 18.6 Å². The van der Waals surface area contributed by atoms with Gasteiger partial charge >= 0.3 is 0 Å². The fourth-order valence-electron chi connectivity index (χ4n) is 1.94. The average molecular weight is 293 g/mol. The first-order valence-corrected chi connectivity index (χ1v) is 6.84. The lowest BCUT2D eigenvalue weighted by Gasteiger charge is -2.15. The molecule has 0 saturated heterocycles. The van der Waals surface area contributed by atoms with Gasteiger partial charge in [-0.1, -0.05) is 31.0 Å². The van der Waals surface area contributed by atoms with E-state index in [1.54, 1.807) is 41.5 Å². The molecular formula is C14H17ClN4O. The average Bonchev–Trinajstić information content (AvgIpc) is 2.92. The third-order valence-electron chi connectivity index (χ3n) is 2.94. The van der Waals surface area contributed by atoms with Crippen LogP contribution in [0, 0.1) is 0 Å². The summed E-state index contributed by atoms with van der Waals surface area (Å²) in [7, 11) is 0. The number of nitrogens with one attached hydrogen (secondary N) is 1. The number of para-hydroxylation sites is 1. The van der Waals surface area contributed by atoms with E-state index >= 15 is 0 Å². The summed E-state index contributed by atoms with van der Waals surface area (Å²) in [4.78, 5) is 16.0. The van der Waals surface area contributed by atoms with Gasteiger partial charge in [-0.2, -0.15) is 0 Å². The van der Waals surface area contributed by atoms with Gasteiger partial charge in [0.1, 0.15) is 0 Å². The minimum Gasteiger partial charge on any atom is -0.323 e. The van der Waals surface area contributed by atoms with Gasteiger partial charge in [0.05, 0.1) is 28.8 Å². The topological polar surface area (TPSA) is 72.9 Å². The molecule has 1 unspecified atom stereocenters. The third kappa shape index (κ3) is 3.18. The third-order valence-corrected chi connectivity index (χ3v) is 3.25. The number of carbonyl (C=O) groups excluding carboxylic acids is 1. The Bertz CT molecular complexity index is 583. The number of amides is 1. The highest BCUT2D eigenvalue weighted by molar-refractivity contribution is 6.33. The highest BCUT2D eigenvalue weighted by atomic mass is 35.5. The standard InChI is InChI=1S/C14H17ClN4O/c1-2-4-11(16)14(20)18-12-6-3-5-10(15)13(12)19-8-7-17-9-19/h3,5-9,11H,2,4,16H2,1H3,(H,18,20). The summed E-state index contributed by atoms with van der Waals surface area (Å²) in [6.45, 7) is 1.99. The van der Waals surface area contributed by atoms with Crippen molar-refractivity contribution >= 4 is 23.2 Å². The van der Waals surface area contributed by atoms with Gasteiger partial charge < -0.3 is 15.6 Å². The van der Waals surface area contributed by atoms with Gasteiger partial charge in [0.25, 0.3) is 0 Å². The molecule has 0 aliphatic rings. The van der Waals surface area contributed by atoms with Crippen LogP contribution in [0.5, 0.6) is 0 Å². The summed E-state index contributed by atoms with van der Waals surface area (Å²) in [5, 5.41) is 3.36. The highest BCUT2D eigenvalue weighted by Crippen LogP contribution is 2.28. The molecule has 1 amide bonds. The fourth-order valence-corrected chi connectivity index (χ4v) is 2.21. The number of nitrogens with zero attached hydrogens (tertiary/aromatic N) is 2.